The Kier molecular flexibility index (Phi) is 4.32. The Morgan fingerprint density at radius 3 is 2.75 bits per heavy atom. The predicted octanol–water partition coefficient (Wildman–Crippen LogP) is 2.86. The van der Waals surface area contributed by atoms with Gasteiger partial charge in [-0.2, -0.15) is 0 Å². The van der Waals surface area contributed by atoms with Crippen LogP contribution in [-0.4, -0.2) is 4.98 Å². The summed E-state index contributed by atoms with van der Waals surface area (Å²) >= 11 is 1.70. The summed E-state index contributed by atoms with van der Waals surface area (Å²) in [6, 6.07) is 0.310. The topological polar surface area (TPSA) is 50.9 Å². The zero-order valence-corrected chi connectivity index (χ0v) is 10.7. The minimum atomic E-state index is 0.310. The largest absolute Gasteiger partial charge is 0.271 e. The van der Waals surface area contributed by atoms with Crippen molar-refractivity contribution >= 4 is 11.3 Å². The van der Waals surface area contributed by atoms with Gasteiger partial charge in [0.05, 0.1) is 11.6 Å². The van der Waals surface area contributed by atoms with E-state index in [4.69, 9.17) is 5.84 Å². The van der Waals surface area contributed by atoms with Gasteiger partial charge >= 0.3 is 0 Å². The van der Waals surface area contributed by atoms with Crippen molar-refractivity contribution < 1.29 is 0 Å². The van der Waals surface area contributed by atoms with E-state index in [0.717, 1.165) is 5.92 Å². The number of nitrogens with one attached hydrogen (secondary N) is 1. The lowest BCUT2D eigenvalue weighted by atomic mass is 9.77. The van der Waals surface area contributed by atoms with Crippen LogP contribution in [0.1, 0.15) is 49.9 Å². The van der Waals surface area contributed by atoms with Crippen molar-refractivity contribution in [3.05, 3.63) is 16.6 Å². The second kappa shape index (κ2) is 5.75. The number of aromatic nitrogens is 1. The second-order valence-corrected chi connectivity index (χ2v) is 5.66. The van der Waals surface area contributed by atoms with Crippen LogP contribution in [0.4, 0.5) is 0 Å². The van der Waals surface area contributed by atoms with Crippen molar-refractivity contribution in [3.63, 3.8) is 0 Å². The number of thiazole rings is 1. The molecule has 16 heavy (non-hydrogen) atoms. The first-order valence-electron chi connectivity index (χ1n) is 6.19. The molecule has 0 aromatic carbocycles. The molecule has 0 amide bonds. The van der Waals surface area contributed by atoms with Crippen LogP contribution in [0.5, 0.6) is 0 Å². The Morgan fingerprint density at radius 2 is 2.25 bits per heavy atom. The molecule has 1 aromatic rings. The fourth-order valence-electron chi connectivity index (χ4n) is 2.76. The van der Waals surface area contributed by atoms with E-state index in [-0.39, 0.29) is 0 Å². The SMILES string of the molecule is CCC1CCC(C(NN)c2cncs2)CC1. The molecule has 3 nitrogen and oxygen atoms in total. The summed E-state index contributed by atoms with van der Waals surface area (Å²) in [5.41, 5.74) is 4.86. The molecule has 3 N–H and O–H groups in total. The van der Waals surface area contributed by atoms with Crippen molar-refractivity contribution in [3.8, 4) is 0 Å². The quantitative estimate of drug-likeness (QED) is 0.627. The summed E-state index contributed by atoms with van der Waals surface area (Å²) in [7, 11) is 0. The predicted molar refractivity (Wildman–Crippen MR) is 67.9 cm³/mol. The number of hydrogen-bond acceptors (Lipinski definition) is 4. The molecular formula is C12H21N3S. The van der Waals surface area contributed by atoms with Gasteiger partial charge in [0.25, 0.3) is 0 Å². The molecule has 1 heterocycles. The first kappa shape index (κ1) is 12.0. The number of hydrazine groups is 1. The Morgan fingerprint density at radius 1 is 1.50 bits per heavy atom. The molecule has 1 saturated carbocycles. The lowest BCUT2D eigenvalue weighted by Crippen LogP contribution is -2.34. The fourth-order valence-corrected chi connectivity index (χ4v) is 3.53. The first-order valence-corrected chi connectivity index (χ1v) is 7.07. The van der Waals surface area contributed by atoms with E-state index in [1.807, 2.05) is 11.7 Å². The van der Waals surface area contributed by atoms with Crippen LogP contribution in [0.2, 0.25) is 0 Å². The van der Waals surface area contributed by atoms with Crippen LogP contribution in [0, 0.1) is 11.8 Å². The van der Waals surface area contributed by atoms with Crippen molar-refractivity contribution in [1.82, 2.24) is 10.4 Å². The monoisotopic (exact) mass is 239 g/mol. The van der Waals surface area contributed by atoms with E-state index in [0.29, 0.717) is 12.0 Å². The average Bonchev–Trinajstić information content (AvgIpc) is 2.85. The number of hydrogen-bond donors (Lipinski definition) is 2. The molecule has 1 fully saturated rings. The van der Waals surface area contributed by atoms with Crippen molar-refractivity contribution in [2.75, 3.05) is 0 Å². The van der Waals surface area contributed by atoms with E-state index in [2.05, 4.69) is 17.3 Å². The third-order valence-electron chi connectivity index (χ3n) is 3.88. The summed E-state index contributed by atoms with van der Waals surface area (Å²) in [5, 5.41) is 0. The maximum atomic E-state index is 5.69. The molecule has 0 spiro atoms. The minimum absolute atomic E-state index is 0.310. The first-order chi connectivity index (χ1) is 7.85. The fraction of sp³-hybridized carbons (Fsp3) is 0.750. The van der Waals surface area contributed by atoms with Gasteiger partial charge in [0.2, 0.25) is 0 Å². The molecule has 1 aromatic heterocycles. The van der Waals surface area contributed by atoms with Crippen LogP contribution >= 0.6 is 11.3 Å². The molecule has 0 bridgehead atoms. The third kappa shape index (κ3) is 2.62. The van der Waals surface area contributed by atoms with Crippen molar-refractivity contribution in [1.29, 1.82) is 0 Å². The zero-order valence-electron chi connectivity index (χ0n) is 9.86. The summed E-state index contributed by atoms with van der Waals surface area (Å²) in [6.45, 7) is 2.30. The highest BCUT2D eigenvalue weighted by Gasteiger charge is 2.28. The molecule has 1 aliphatic rings. The Bertz CT molecular complexity index is 291. The van der Waals surface area contributed by atoms with E-state index in [1.165, 1.54) is 37.0 Å². The highest BCUT2D eigenvalue weighted by Crippen LogP contribution is 2.38. The van der Waals surface area contributed by atoms with Gasteiger partial charge in [0.1, 0.15) is 0 Å². The summed E-state index contributed by atoms with van der Waals surface area (Å²) in [6.07, 6.45) is 8.59. The lowest BCUT2D eigenvalue weighted by Gasteiger charge is -2.32. The summed E-state index contributed by atoms with van der Waals surface area (Å²) in [5.74, 6) is 7.32. The highest BCUT2D eigenvalue weighted by atomic mass is 32.1. The van der Waals surface area contributed by atoms with Crippen LogP contribution in [0.15, 0.2) is 11.7 Å². The normalized spacial score (nSPS) is 27.9. The summed E-state index contributed by atoms with van der Waals surface area (Å²) in [4.78, 5) is 5.42. The Hall–Kier alpha value is -0.450. The molecule has 2 rings (SSSR count). The molecule has 1 unspecified atom stereocenters. The van der Waals surface area contributed by atoms with Crippen LogP contribution in [0.25, 0.3) is 0 Å². The van der Waals surface area contributed by atoms with Crippen molar-refractivity contribution in [2.24, 2.45) is 17.7 Å². The van der Waals surface area contributed by atoms with Crippen LogP contribution < -0.4 is 11.3 Å². The molecule has 0 saturated heterocycles. The lowest BCUT2D eigenvalue weighted by molar-refractivity contribution is 0.221. The second-order valence-electron chi connectivity index (χ2n) is 4.74. The number of nitrogens with zero attached hydrogens (tertiary/aromatic N) is 1. The van der Waals surface area contributed by atoms with Crippen LogP contribution in [-0.2, 0) is 0 Å². The van der Waals surface area contributed by atoms with Gasteiger partial charge in [0, 0.05) is 11.1 Å². The molecule has 0 radical (unpaired) electrons. The maximum absolute atomic E-state index is 5.69. The standard InChI is InChI=1S/C12H21N3S/c1-2-9-3-5-10(6-4-9)12(15-13)11-7-14-8-16-11/h7-10,12,15H,2-6,13H2,1H3. The van der Waals surface area contributed by atoms with Gasteiger partial charge < -0.3 is 0 Å². The van der Waals surface area contributed by atoms with Gasteiger partial charge in [-0.05, 0) is 24.7 Å². The Labute approximate surface area is 101 Å². The van der Waals surface area contributed by atoms with E-state index < -0.39 is 0 Å². The third-order valence-corrected chi connectivity index (χ3v) is 4.74. The van der Waals surface area contributed by atoms with Crippen LogP contribution in [0.3, 0.4) is 0 Å². The van der Waals surface area contributed by atoms with Gasteiger partial charge in [-0.25, -0.2) is 0 Å². The Balaban J connectivity index is 1.96. The van der Waals surface area contributed by atoms with Crippen molar-refractivity contribution in [2.45, 2.75) is 45.1 Å². The number of rotatable bonds is 4. The number of nitrogens with two attached hydrogens (primary N) is 1. The molecule has 1 aliphatic carbocycles. The molecule has 1 atom stereocenters. The highest BCUT2D eigenvalue weighted by molar-refractivity contribution is 7.09. The molecule has 90 valence electrons. The van der Waals surface area contributed by atoms with Gasteiger partial charge in [-0.1, -0.05) is 26.2 Å². The minimum Gasteiger partial charge on any atom is -0.271 e. The van der Waals surface area contributed by atoms with E-state index in [9.17, 15) is 0 Å². The van der Waals surface area contributed by atoms with Gasteiger partial charge in [-0.15, -0.1) is 11.3 Å². The van der Waals surface area contributed by atoms with E-state index in [1.54, 1.807) is 11.3 Å². The smallest absolute Gasteiger partial charge is 0.0794 e. The zero-order chi connectivity index (χ0) is 11.4. The van der Waals surface area contributed by atoms with Gasteiger partial charge in [-0.3, -0.25) is 16.3 Å². The summed E-state index contributed by atoms with van der Waals surface area (Å²) < 4.78 is 0. The molecule has 4 heteroatoms. The van der Waals surface area contributed by atoms with Gasteiger partial charge in [0.15, 0.2) is 0 Å². The average molecular weight is 239 g/mol. The molecular weight excluding hydrogens is 218 g/mol. The van der Waals surface area contributed by atoms with E-state index >= 15 is 0 Å². The maximum Gasteiger partial charge on any atom is 0.0794 e. The molecule has 0 aliphatic heterocycles.